The first-order chi connectivity index (χ1) is 14.6. The topological polar surface area (TPSA) is 72.2 Å². The van der Waals surface area contributed by atoms with Crippen LogP contribution in [0, 0.1) is 0 Å². The van der Waals surface area contributed by atoms with Crippen molar-refractivity contribution in [1.29, 1.82) is 0 Å². The quantitative estimate of drug-likeness (QED) is 0.323. The second-order valence-electron chi connectivity index (χ2n) is 6.23. The van der Waals surface area contributed by atoms with Gasteiger partial charge in [0.15, 0.2) is 22.2 Å². The first-order valence-electron chi connectivity index (χ1n) is 8.49. The van der Waals surface area contributed by atoms with E-state index < -0.39 is 23.5 Å². The summed E-state index contributed by atoms with van der Waals surface area (Å²) in [5.74, 6) is -0.858. The molecular weight excluding hydrogens is 522 g/mol. The summed E-state index contributed by atoms with van der Waals surface area (Å²) in [6.45, 7) is 0. The Balaban J connectivity index is 1.86. The molecule has 3 heterocycles. The van der Waals surface area contributed by atoms with Gasteiger partial charge in [-0.15, -0.1) is 0 Å². The van der Waals surface area contributed by atoms with Crippen LogP contribution >= 0.6 is 39.1 Å². The number of pyridine rings is 1. The third-order valence-electron chi connectivity index (χ3n) is 4.19. The molecule has 0 aliphatic heterocycles. The van der Waals surface area contributed by atoms with Crippen LogP contribution in [0.4, 0.5) is 18.9 Å². The predicted molar refractivity (Wildman–Crippen MR) is 113 cm³/mol. The van der Waals surface area contributed by atoms with Crippen molar-refractivity contribution in [2.45, 2.75) is 6.18 Å². The summed E-state index contributed by atoms with van der Waals surface area (Å²) in [4.78, 5) is 20.7. The van der Waals surface area contributed by atoms with Crippen molar-refractivity contribution < 1.29 is 18.0 Å². The van der Waals surface area contributed by atoms with Crippen molar-refractivity contribution in [1.82, 2.24) is 19.6 Å². The van der Waals surface area contributed by atoms with Gasteiger partial charge in [-0.1, -0.05) is 51.3 Å². The van der Waals surface area contributed by atoms with E-state index in [1.54, 1.807) is 24.3 Å². The molecule has 31 heavy (non-hydrogen) atoms. The van der Waals surface area contributed by atoms with Gasteiger partial charge in [-0.25, -0.2) is 14.5 Å². The third kappa shape index (κ3) is 4.23. The van der Waals surface area contributed by atoms with Gasteiger partial charge >= 0.3 is 6.18 Å². The summed E-state index contributed by atoms with van der Waals surface area (Å²) >= 11 is 15.4. The molecule has 0 saturated carbocycles. The zero-order valence-electron chi connectivity index (χ0n) is 15.1. The number of rotatable bonds is 3. The highest BCUT2D eigenvalue weighted by Gasteiger charge is 2.36. The van der Waals surface area contributed by atoms with Crippen molar-refractivity contribution in [2.24, 2.45) is 0 Å². The Kier molecular flexibility index (Phi) is 5.63. The van der Waals surface area contributed by atoms with Gasteiger partial charge in [0.2, 0.25) is 0 Å². The number of carbonyl (C=O) groups is 1. The molecule has 0 saturated heterocycles. The molecule has 0 aliphatic carbocycles. The summed E-state index contributed by atoms with van der Waals surface area (Å²) < 4.78 is 42.5. The minimum Gasteiger partial charge on any atom is -0.318 e. The van der Waals surface area contributed by atoms with E-state index in [4.69, 9.17) is 23.2 Å². The number of fused-ring (bicyclic) bond motifs is 1. The van der Waals surface area contributed by atoms with Gasteiger partial charge in [0.1, 0.15) is 5.02 Å². The van der Waals surface area contributed by atoms with E-state index in [9.17, 15) is 18.0 Å². The molecule has 1 aromatic carbocycles. The maximum atomic E-state index is 13.8. The molecule has 0 fully saturated rings. The second-order valence-corrected chi connectivity index (χ2v) is 7.88. The summed E-state index contributed by atoms with van der Waals surface area (Å²) in [5, 5.41) is 5.87. The number of hydrogen-bond acceptors (Lipinski definition) is 4. The Bertz CT molecular complexity index is 1310. The number of amides is 1. The lowest BCUT2D eigenvalue weighted by Crippen LogP contribution is -2.16. The number of alkyl halides is 3. The van der Waals surface area contributed by atoms with Gasteiger partial charge in [0.05, 0.1) is 11.4 Å². The van der Waals surface area contributed by atoms with Gasteiger partial charge in [-0.3, -0.25) is 4.79 Å². The molecule has 1 amide bonds. The molecule has 6 nitrogen and oxygen atoms in total. The van der Waals surface area contributed by atoms with Crippen molar-refractivity contribution in [3.63, 3.8) is 0 Å². The highest BCUT2D eigenvalue weighted by molar-refractivity contribution is 9.10. The maximum Gasteiger partial charge on any atom is 0.433 e. The Morgan fingerprint density at radius 1 is 1.13 bits per heavy atom. The molecule has 4 aromatic rings. The number of hydrogen-bond donors (Lipinski definition) is 1. The van der Waals surface area contributed by atoms with Gasteiger partial charge in [0.25, 0.3) is 5.91 Å². The smallest absolute Gasteiger partial charge is 0.318 e. The Morgan fingerprint density at radius 3 is 2.48 bits per heavy atom. The lowest BCUT2D eigenvalue weighted by molar-refractivity contribution is -0.142. The molecular formula is C19H9BrCl2F3N5O. The average Bonchev–Trinajstić information content (AvgIpc) is 3.05. The van der Waals surface area contributed by atoms with E-state index in [1.165, 1.54) is 18.3 Å². The number of aromatic nitrogens is 4. The summed E-state index contributed by atoms with van der Waals surface area (Å²) in [5.41, 5.74) is -1.26. The maximum absolute atomic E-state index is 13.8. The number of benzene rings is 1. The van der Waals surface area contributed by atoms with E-state index >= 15 is 0 Å². The molecule has 12 heteroatoms. The molecule has 0 unspecified atom stereocenters. The number of halogens is 6. The SMILES string of the molecule is O=C(Nc1cccnc1Cl)c1nn2c(C(F)(F)F)cc(-c3ccc(Br)cc3)nc2c1Cl. The van der Waals surface area contributed by atoms with Gasteiger partial charge in [-0.2, -0.15) is 18.3 Å². The normalized spacial score (nSPS) is 11.7. The van der Waals surface area contributed by atoms with Crippen LogP contribution in [-0.4, -0.2) is 25.5 Å². The Hall–Kier alpha value is -2.69. The highest BCUT2D eigenvalue weighted by atomic mass is 79.9. The van der Waals surface area contributed by atoms with Gasteiger partial charge < -0.3 is 5.32 Å². The molecule has 0 spiro atoms. The van der Waals surface area contributed by atoms with E-state index in [0.29, 0.717) is 10.1 Å². The fraction of sp³-hybridized carbons (Fsp3) is 0.0526. The van der Waals surface area contributed by atoms with Crippen LogP contribution in [0.15, 0.2) is 53.1 Å². The number of carbonyl (C=O) groups excluding carboxylic acids is 1. The van der Waals surface area contributed by atoms with Crippen molar-refractivity contribution in [2.75, 3.05) is 5.32 Å². The molecule has 4 rings (SSSR count). The van der Waals surface area contributed by atoms with E-state index in [-0.39, 0.29) is 27.2 Å². The average molecular weight is 531 g/mol. The molecule has 0 radical (unpaired) electrons. The van der Waals surface area contributed by atoms with Gasteiger partial charge in [-0.05, 0) is 30.3 Å². The third-order valence-corrected chi connectivity index (χ3v) is 5.36. The van der Waals surface area contributed by atoms with E-state index in [1.807, 2.05) is 0 Å². The van der Waals surface area contributed by atoms with E-state index in [2.05, 4.69) is 36.3 Å². The van der Waals surface area contributed by atoms with Crippen LogP contribution in [0.5, 0.6) is 0 Å². The largest absolute Gasteiger partial charge is 0.433 e. The zero-order valence-corrected chi connectivity index (χ0v) is 18.2. The van der Waals surface area contributed by atoms with Crippen LogP contribution in [0.1, 0.15) is 16.2 Å². The van der Waals surface area contributed by atoms with Crippen LogP contribution < -0.4 is 5.32 Å². The first kappa shape index (κ1) is 21.5. The minimum atomic E-state index is -4.78. The molecule has 1 N–H and O–H groups in total. The van der Waals surface area contributed by atoms with Crippen molar-refractivity contribution in [3.05, 3.63) is 74.7 Å². The predicted octanol–water partition coefficient (Wildman–Crippen LogP) is 6.13. The van der Waals surface area contributed by atoms with Crippen LogP contribution in [-0.2, 0) is 6.18 Å². The minimum absolute atomic E-state index is 0.00219. The van der Waals surface area contributed by atoms with Crippen LogP contribution in [0.25, 0.3) is 16.9 Å². The summed E-state index contributed by atoms with van der Waals surface area (Å²) in [6.07, 6.45) is -3.36. The standard InChI is InChI=1S/C19H9BrCl2F3N5O/c20-10-5-3-9(4-6-10)12-8-13(19(23,24)25)30-17(27-12)14(21)15(29-30)18(31)28-11-2-1-7-26-16(11)22/h1-8H,(H,28,31). The number of anilines is 1. The fourth-order valence-electron chi connectivity index (χ4n) is 2.77. The van der Waals surface area contributed by atoms with Gasteiger partial charge in [0, 0.05) is 16.2 Å². The number of nitrogens with zero attached hydrogens (tertiary/aromatic N) is 4. The van der Waals surface area contributed by atoms with Crippen molar-refractivity contribution >= 4 is 56.4 Å². The second kappa shape index (κ2) is 8.10. The van der Waals surface area contributed by atoms with Crippen LogP contribution in [0.2, 0.25) is 10.2 Å². The first-order valence-corrected chi connectivity index (χ1v) is 10.0. The molecule has 0 bridgehead atoms. The number of nitrogens with one attached hydrogen (secondary N) is 1. The molecule has 158 valence electrons. The fourth-order valence-corrected chi connectivity index (χ4v) is 3.44. The molecule has 0 atom stereocenters. The lowest BCUT2D eigenvalue weighted by Gasteiger charge is -2.11. The summed E-state index contributed by atoms with van der Waals surface area (Å²) in [7, 11) is 0. The molecule has 0 aliphatic rings. The van der Waals surface area contributed by atoms with E-state index in [0.717, 1.165) is 10.5 Å². The monoisotopic (exact) mass is 529 g/mol. The Morgan fingerprint density at radius 2 is 1.84 bits per heavy atom. The lowest BCUT2D eigenvalue weighted by atomic mass is 10.1. The Labute approximate surface area is 191 Å². The van der Waals surface area contributed by atoms with Crippen molar-refractivity contribution in [3.8, 4) is 11.3 Å². The summed E-state index contributed by atoms with van der Waals surface area (Å²) in [6, 6.07) is 10.4. The highest BCUT2D eigenvalue weighted by Crippen LogP contribution is 2.35. The van der Waals surface area contributed by atoms with Crippen LogP contribution in [0.3, 0.4) is 0 Å². The zero-order chi connectivity index (χ0) is 22.3. The molecule has 3 aromatic heterocycles.